The number of aliphatic imine (C=N–C) groups is 1. The molecule has 2 heterocycles. The monoisotopic (exact) mass is 744 g/mol. The molecule has 0 amide bonds. The predicted molar refractivity (Wildman–Crippen MR) is 244 cm³/mol. The van der Waals surface area contributed by atoms with Crippen molar-refractivity contribution in [2.24, 2.45) is 10.7 Å². The van der Waals surface area contributed by atoms with Crippen LogP contribution in [-0.4, -0.2) is 17.7 Å². The van der Waals surface area contributed by atoms with Gasteiger partial charge in [-0.15, -0.1) is 0 Å². The fourth-order valence-electron chi connectivity index (χ4n) is 8.23. The quantitative estimate of drug-likeness (QED) is 0.152. The van der Waals surface area contributed by atoms with E-state index in [-0.39, 0.29) is 6.04 Å². The van der Waals surface area contributed by atoms with Crippen LogP contribution in [0.5, 0.6) is 0 Å². The lowest BCUT2D eigenvalue weighted by molar-refractivity contribution is 0.874. The maximum absolute atomic E-state index is 6.97. The van der Waals surface area contributed by atoms with Crippen LogP contribution in [0.1, 0.15) is 33.9 Å². The molecule has 1 atom stereocenters. The van der Waals surface area contributed by atoms with Crippen LogP contribution < -0.4 is 11.1 Å². The summed E-state index contributed by atoms with van der Waals surface area (Å²) in [5, 5.41) is 10.8. The molecule has 1 aliphatic heterocycles. The Bertz CT molecular complexity index is 3060. The van der Waals surface area contributed by atoms with E-state index >= 15 is 0 Å². The van der Waals surface area contributed by atoms with Crippen molar-refractivity contribution < 1.29 is 0 Å². The van der Waals surface area contributed by atoms with Crippen molar-refractivity contribution in [3.05, 3.63) is 228 Å². The Morgan fingerprint density at radius 2 is 1.19 bits per heavy atom. The van der Waals surface area contributed by atoms with Crippen LogP contribution in [0.25, 0.3) is 66.0 Å². The molecule has 0 fully saturated rings. The van der Waals surface area contributed by atoms with E-state index in [2.05, 4.69) is 181 Å². The van der Waals surface area contributed by atoms with Crippen LogP contribution >= 0.6 is 0 Å². The molecule has 0 saturated carbocycles. The number of allylic oxidation sites excluding steroid dienone is 2. The van der Waals surface area contributed by atoms with Gasteiger partial charge in [0.25, 0.3) is 0 Å². The molecule has 58 heavy (non-hydrogen) atoms. The van der Waals surface area contributed by atoms with Gasteiger partial charge in [0.05, 0.1) is 17.4 Å². The average molecular weight is 745 g/mol. The van der Waals surface area contributed by atoms with Crippen LogP contribution in [0.15, 0.2) is 205 Å². The Morgan fingerprint density at radius 1 is 0.552 bits per heavy atom. The first-order valence-corrected chi connectivity index (χ1v) is 19.8. The molecule has 1 unspecified atom stereocenters. The average Bonchev–Trinajstić information content (AvgIpc) is 3.30. The number of benzene rings is 8. The van der Waals surface area contributed by atoms with Crippen molar-refractivity contribution in [2.45, 2.75) is 6.04 Å². The van der Waals surface area contributed by atoms with Crippen molar-refractivity contribution >= 4 is 55.5 Å². The molecule has 1 aliphatic rings. The van der Waals surface area contributed by atoms with E-state index in [1.807, 2.05) is 30.6 Å². The number of rotatable bonds is 8. The maximum Gasteiger partial charge on any atom is 0.0759 e. The molecule has 4 nitrogen and oxygen atoms in total. The zero-order chi connectivity index (χ0) is 38.8. The molecule has 0 radical (unpaired) electrons. The minimum atomic E-state index is -0.327. The van der Waals surface area contributed by atoms with Gasteiger partial charge in [0.1, 0.15) is 0 Å². The van der Waals surface area contributed by atoms with E-state index in [4.69, 9.17) is 15.7 Å². The summed E-state index contributed by atoms with van der Waals surface area (Å²) in [6.45, 7) is 0.687. The fraction of sp³-hybridized carbons (Fsp3) is 0.0370. The second-order valence-electron chi connectivity index (χ2n) is 14.8. The number of pyridine rings is 1. The molecule has 0 aliphatic carbocycles. The SMILES string of the molecule is NC(c1ccccc1)c1ccc2ccccc2c1/N=C/c1cc(C2=CC=C(c3cccc4ccccc34)NC2)cc(-c2ccc(-c3cccc4ccccc34)nc2)c1. The summed E-state index contributed by atoms with van der Waals surface area (Å²) in [4.78, 5) is 10.3. The van der Waals surface area contributed by atoms with Gasteiger partial charge in [-0.05, 0) is 90.7 Å². The summed E-state index contributed by atoms with van der Waals surface area (Å²) in [5.74, 6) is 0. The largest absolute Gasteiger partial charge is 0.380 e. The summed E-state index contributed by atoms with van der Waals surface area (Å²) in [6.07, 6.45) is 8.43. The molecule has 8 aromatic carbocycles. The smallest absolute Gasteiger partial charge is 0.0759 e. The highest BCUT2D eigenvalue weighted by atomic mass is 14.9. The molecule has 0 saturated heterocycles. The molecular formula is C54H40N4. The van der Waals surface area contributed by atoms with Gasteiger partial charge in [0.2, 0.25) is 0 Å². The minimum Gasteiger partial charge on any atom is -0.380 e. The minimum absolute atomic E-state index is 0.327. The second kappa shape index (κ2) is 15.3. The Hall–Kier alpha value is -7.40. The normalized spacial score (nSPS) is 13.4. The number of dihydropyridines is 1. The van der Waals surface area contributed by atoms with E-state index in [1.54, 1.807) is 0 Å². The van der Waals surface area contributed by atoms with E-state index in [1.165, 1.54) is 32.7 Å². The van der Waals surface area contributed by atoms with Crippen molar-refractivity contribution in [3.8, 4) is 22.4 Å². The van der Waals surface area contributed by atoms with E-state index in [0.29, 0.717) is 6.54 Å². The van der Waals surface area contributed by atoms with Crippen LogP contribution in [-0.2, 0) is 0 Å². The molecule has 276 valence electrons. The lowest BCUT2D eigenvalue weighted by atomic mass is 9.93. The van der Waals surface area contributed by atoms with Gasteiger partial charge in [0.15, 0.2) is 0 Å². The number of fused-ring (bicyclic) bond motifs is 3. The summed E-state index contributed by atoms with van der Waals surface area (Å²) >= 11 is 0. The summed E-state index contributed by atoms with van der Waals surface area (Å²) < 4.78 is 0. The van der Waals surface area contributed by atoms with Crippen molar-refractivity contribution in [3.63, 3.8) is 0 Å². The molecule has 3 N–H and O–H groups in total. The molecular weight excluding hydrogens is 705 g/mol. The zero-order valence-electron chi connectivity index (χ0n) is 31.9. The van der Waals surface area contributed by atoms with Gasteiger partial charge in [-0.25, -0.2) is 0 Å². The first-order valence-electron chi connectivity index (χ1n) is 19.8. The Labute approximate surface area is 338 Å². The summed E-state index contributed by atoms with van der Waals surface area (Å²) in [5.41, 5.74) is 19.7. The lowest BCUT2D eigenvalue weighted by Gasteiger charge is -2.20. The van der Waals surface area contributed by atoms with E-state index in [0.717, 1.165) is 66.8 Å². The zero-order valence-corrected chi connectivity index (χ0v) is 31.9. The highest BCUT2D eigenvalue weighted by Crippen LogP contribution is 2.37. The second-order valence-corrected chi connectivity index (χ2v) is 14.8. The van der Waals surface area contributed by atoms with E-state index in [9.17, 15) is 0 Å². The van der Waals surface area contributed by atoms with E-state index < -0.39 is 0 Å². The first kappa shape index (κ1) is 35.0. The van der Waals surface area contributed by atoms with Gasteiger partial charge < -0.3 is 11.1 Å². The van der Waals surface area contributed by atoms with Gasteiger partial charge in [-0.1, -0.05) is 164 Å². The van der Waals surface area contributed by atoms with Gasteiger partial charge in [0, 0.05) is 46.7 Å². The number of hydrogen-bond donors (Lipinski definition) is 2. The lowest BCUT2D eigenvalue weighted by Crippen LogP contribution is -2.18. The molecule has 9 aromatic rings. The Morgan fingerprint density at radius 3 is 1.90 bits per heavy atom. The standard InChI is InChI=1S/C54H40N4/c55-53(40-15-2-1-3-16-40)50-27-24-39-14-6-9-21-47(39)54(50)58-33-36-30-43(41-25-28-51(56-34-41)48-22-10-17-37-12-4-7-19-45(37)48)32-44(31-36)42-26-29-52(57-35-42)49-23-11-18-38-13-5-8-20-46(38)49/h1-34,53,57H,35,55H2/b58-33+. The van der Waals surface area contributed by atoms with Crippen LogP contribution in [0.3, 0.4) is 0 Å². The number of nitrogens with one attached hydrogen (secondary N) is 1. The van der Waals surface area contributed by atoms with Gasteiger partial charge in [-0.3, -0.25) is 9.98 Å². The molecule has 0 bridgehead atoms. The number of aromatic nitrogens is 1. The predicted octanol–water partition coefficient (Wildman–Crippen LogP) is 12.7. The maximum atomic E-state index is 6.97. The van der Waals surface area contributed by atoms with Gasteiger partial charge in [-0.2, -0.15) is 0 Å². The summed E-state index contributed by atoms with van der Waals surface area (Å²) in [6, 6.07) is 63.5. The molecule has 10 rings (SSSR count). The number of nitrogens with zero attached hydrogens (tertiary/aromatic N) is 2. The van der Waals surface area contributed by atoms with Crippen LogP contribution in [0.2, 0.25) is 0 Å². The first-order chi connectivity index (χ1) is 28.7. The Balaban J connectivity index is 1.07. The topological polar surface area (TPSA) is 63.3 Å². The van der Waals surface area contributed by atoms with Crippen molar-refractivity contribution in [1.82, 2.24) is 10.3 Å². The highest BCUT2D eigenvalue weighted by molar-refractivity contribution is 5.99. The van der Waals surface area contributed by atoms with Crippen molar-refractivity contribution in [2.75, 3.05) is 6.54 Å². The van der Waals surface area contributed by atoms with Crippen molar-refractivity contribution in [1.29, 1.82) is 0 Å². The molecule has 4 heteroatoms. The highest BCUT2D eigenvalue weighted by Gasteiger charge is 2.17. The molecule has 0 spiro atoms. The number of nitrogens with two attached hydrogens (primary N) is 1. The number of hydrogen-bond acceptors (Lipinski definition) is 4. The van der Waals surface area contributed by atoms with Gasteiger partial charge >= 0.3 is 0 Å². The third-order valence-corrected chi connectivity index (χ3v) is 11.3. The van der Waals surface area contributed by atoms with Crippen LogP contribution in [0.4, 0.5) is 5.69 Å². The molecule has 1 aromatic heterocycles. The van der Waals surface area contributed by atoms with Crippen LogP contribution in [0, 0.1) is 0 Å². The fourth-order valence-corrected chi connectivity index (χ4v) is 8.23. The third-order valence-electron chi connectivity index (χ3n) is 11.3. The summed E-state index contributed by atoms with van der Waals surface area (Å²) in [7, 11) is 0. The third kappa shape index (κ3) is 6.76. The Kier molecular flexibility index (Phi) is 9.22.